The summed E-state index contributed by atoms with van der Waals surface area (Å²) in [6.07, 6.45) is 8.27. The van der Waals surface area contributed by atoms with Crippen molar-refractivity contribution in [2.45, 2.75) is 63.8 Å². The largest absolute Gasteiger partial charge is 0.487 e. The van der Waals surface area contributed by atoms with Gasteiger partial charge in [0.1, 0.15) is 23.2 Å². The lowest BCUT2D eigenvalue weighted by atomic mass is 9.99. The van der Waals surface area contributed by atoms with E-state index in [0.717, 1.165) is 49.3 Å². The molecule has 1 unspecified atom stereocenters. The lowest BCUT2D eigenvalue weighted by Crippen LogP contribution is -2.27. The van der Waals surface area contributed by atoms with E-state index in [9.17, 15) is 4.79 Å². The number of nitrogens with one attached hydrogen (secondary N) is 1. The number of anilines is 2. The van der Waals surface area contributed by atoms with E-state index >= 15 is 0 Å². The van der Waals surface area contributed by atoms with Gasteiger partial charge in [-0.15, -0.1) is 0 Å². The Kier molecular flexibility index (Phi) is 5.76. The molecule has 0 spiro atoms. The van der Waals surface area contributed by atoms with E-state index in [1.54, 1.807) is 6.33 Å². The number of carbonyl (C=O) groups is 1. The Bertz CT molecular complexity index is 1200. The fraction of sp³-hybridized carbons (Fsp3) is 0.500. The number of rotatable bonds is 5. The molecule has 5 N–H and O–H groups in total. The Morgan fingerprint density at radius 3 is 2.74 bits per heavy atom. The van der Waals surface area contributed by atoms with Crippen LogP contribution in [0.25, 0.3) is 11.2 Å². The summed E-state index contributed by atoms with van der Waals surface area (Å²) in [6, 6.07) is 5.14. The van der Waals surface area contributed by atoms with Crippen LogP contribution in [0.5, 0.6) is 5.75 Å². The molecule has 10 nitrogen and oxygen atoms in total. The summed E-state index contributed by atoms with van der Waals surface area (Å²) in [6.45, 7) is 6.67. The Labute approximate surface area is 198 Å². The number of ether oxygens (including phenoxy) is 1. The summed E-state index contributed by atoms with van der Waals surface area (Å²) >= 11 is 0. The van der Waals surface area contributed by atoms with E-state index < -0.39 is 0 Å². The zero-order chi connectivity index (χ0) is 23.9. The Hall–Kier alpha value is -3.40. The molecule has 1 aromatic carbocycles. The summed E-state index contributed by atoms with van der Waals surface area (Å²) in [5.41, 5.74) is 16.8. The number of benzene rings is 1. The average Bonchev–Trinajstić information content (AvgIpc) is 3.20. The molecule has 2 aliphatic heterocycles. The highest BCUT2D eigenvalue weighted by molar-refractivity contribution is 5.81. The Morgan fingerprint density at radius 1 is 1.24 bits per heavy atom. The fourth-order valence-corrected chi connectivity index (χ4v) is 4.69. The summed E-state index contributed by atoms with van der Waals surface area (Å²) in [7, 11) is 0. The van der Waals surface area contributed by atoms with Gasteiger partial charge in [0.15, 0.2) is 11.5 Å². The molecule has 34 heavy (non-hydrogen) atoms. The van der Waals surface area contributed by atoms with Crippen molar-refractivity contribution >= 4 is 29.1 Å². The zero-order valence-corrected chi connectivity index (χ0v) is 19.7. The van der Waals surface area contributed by atoms with Crippen molar-refractivity contribution in [2.75, 3.05) is 23.7 Å². The van der Waals surface area contributed by atoms with Gasteiger partial charge in [-0.1, -0.05) is 6.07 Å². The summed E-state index contributed by atoms with van der Waals surface area (Å²) < 4.78 is 8.40. The van der Waals surface area contributed by atoms with Crippen LogP contribution < -0.4 is 26.4 Å². The molecule has 3 aliphatic rings. The van der Waals surface area contributed by atoms with Gasteiger partial charge in [-0.2, -0.15) is 0 Å². The SMILES string of the molecule is CC1(C)Cc2ccc(N3CCC(N)C3)c(Cn3cnc4c(N)ncnc43)c2O1.O=CNC1CC1. The lowest BCUT2D eigenvalue weighted by molar-refractivity contribution is -0.109. The maximum Gasteiger partial charge on any atom is 0.207 e. The summed E-state index contributed by atoms with van der Waals surface area (Å²) in [4.78, 5) is 24.7. The van der Waals surface area contributed by atoms with Crippen molar-refractivity contribution in [2.24, 2.45) is 5.73 Å². The van der Waals surface area contributed by atoms with Gasteiger partial charge in [0.25, 0.3) is 0 Å². The van der Waals surface area contributed by atoms with Crippen molar-refractivity contribution in [3.63, 3.8) is 0 Å². The van der Waals surface area contributed by atoms with Gasteiger partial charge >= 0.3 is 0 Å². The van der Waals surface area contributed by atoms with Gasteiger partial charge in [-0.25, -0.2) is 15.0 Å². The third kappa shape index (κ3) is 4.50. The molecule has 0 radical (unpaired) electrons. The van der Waals surface area contributed by atoms with Crippen LogP contribution in [0.4, 0.5) is 11.5 Å². The van der Waals surface area contributed by atoms with Crippen molar-refractivity contribution < 1.29 is 9.53 Å². The van der Waals surface area contributed by atoms with Gasteiger partial charge in [-0.05, 0) is 44.7 Å². The van der Waals surface area contributed by atoms with E-state index in [2.05, 4.69) is 51.1 Å². The number of hydrogen-bond acceptors (Lipinski definition) is 8. The number of aromatic nitrogens is 4. The van der Waals surface area contributed by atoms with E-state index in [-0.39, 0.29) is 11.6 Å². The Morgan fingerprint density at radius 2 is 2.06 bits per heavy atom. The second-order valence-electron chi connectivity index (χ2n) is 9.95. The van der Waals surface area contributed by atoms with E-state index in [1.165, 1.54) is 30.4 Å². The van der Waals surface area contributed by atoms with Crippen molar-refractivity contribution in [1.82, 2.24) is 24.8 Å². The van der Waals surface area contributed by atoms with E-state index in [0.29, 0.717) is 23.9 Å². The minimum absolute atomic E-state index is 0.208. The molecule has 1 saturated carbocycles. The van der Waals surface area contributed by atoms with Gasteiger partial charge in [0, 0.05) is 42.8 Å². The number of imidazole rings is 1. The standard InChI is InChI=1S/C20H25N7O.C4H7NO/c1-20(2)7-12-3-4-15(26-6-5-13(21)8-26)14(17(12)28-20)9-27-11-25-16-18(22)23-10-24-19(16)27;6-3-5-4-1-2-4/h3-4,10-11,13H,5-9,21H2,1-2H3,(H2,22,23,24);3-4H,1-2H2,(H,5,6). The first-order chi connectivity index (χ1) is 16.3. The highest BCUT2D eigenvalue weighted by Gasteiger charge is 2.34. The average molecular weight is 465 g/mol. The van der Waals surface area contributed by atoms with Crippen LogP contribution in [0.2, 0.25) is 0 Å². The molecule has 4 heterocycles. The first kappa shape index (κ1) is 22.4. The van der Waals surface area contributed by atoms with Gasteiger partial charge in [0.05, 0.1) is 12.9 Å². The number of nitrogen functional groups attached to an aromatic ring is 1. The summed E-state index contributed by atoms with van der Waals surface area (Å²) in [5, 5.41) is 2.64. The third-order valence-corrected chi connectivity index (χ3v) is 6.52. The van der Waals surface area contributed by atoms with Gasteiger partial charge < -0.3 is 31.0 Å². The maximum absolute atomic E-state index is 9.54. The summed E-state index contributed by atoms with van der Waals surface area (Å²) in [5.74, 6) is 1.37. The Balaban J connectivity index is 0.000000351. The molecule has 3 aromatic rings. The molecule has 10 heteroatoms. The van der Waals surface area contributed by atoms with Gasteiger partial charge in [-0.3, -0.25) is 4.79 Å². The van der Waals surface area contributed by atoms with Crippen LogP contribution in [0.15, 0.2) is 24.8 Å². The molecule has 2 aromatic heterocycles. The maximum atomic E-state index is 9.54. The molecule has 6 rings (SSSR count). The molecule has 2 fully saturated rings. The van der Waals surface area contributed by atoms with E-state index in [1.807, 2.05) is 4.57 Å². The number of nitrogens with two attached hydrogens (primary N) is 2. The van der Waals surface area contributed by atoms with E-state index in [4.69, 9.17) is 16.2 Å². The highest BCUT2D eigenvalue weighted by atomic mass is 16.5. The number of fused-ring (bicyclic) bond motifs is 2. The lowest BCUT2D eigenvalue weighted by Gasteiger charge is -2.25. The predicted molar refractivity (Wildman–Crippen MR) is 131 cm³/mol. The monoisotopic (exact) mass is 464 g/mol. The molecular formula is C24H32N8O2. The fourth-order valence-electron chi connectivity index (χ4n) is 4.69. The van der Waals surface area contributed by atoms with Crippen LogP contribution in [0.3, 0.4) is 0 Å². The highest BCUT2D eigenvalue weighted by Crippen LogP contribution is 2.43. The number of hydrogen-bond donors (Lipinski definition) is 3. The molecule has 1 atom stereocenters. The smallest absolute Gasteiger partial charge is 0.207 e. The molecule has 1 aliphatic carbocycles. The number of nitrogens with zero attached hydrogens (tertiary/aromatic N) is 5. The third-order valence-electron chi connectivity index (χ3n) is 6.52. The second-order valence-corrected chi connectivity index (χ2v) is 9.95. The van der Waals surface area contributed by atoms with Crippen LogP contribution in [-0.4, -0.2) is 56.7 Å². The topological polar surface area (TPSA) is 137 Å². The molecule has 0 bridgehead atoms. The zero-order valence-electron chi connectivity index (χ0n) is 19.7. The van der Waals surface area contributed by atoms with Crippen LogP contribution in [-0.2, 0) is 17.8 Å². The number of carbonyl (C=O) groups excluding carboxylic acids is 1. The predicted octanol–water partition coefficient (Wildman–Crippen LogP) is 1.60. The van der Waals surface area contributed by atoms with Crippen LogP contribution in [0.1, 0.15) is 44.2 Å². The van der Waals surface area contributed by atoms with Crippen molar-refractivity contribution in [3.8, 4) is 5.75 Å². The first-order valence-electron chi connectivity index (χ1n) is 11.8. The minimum Gasteiger partial charge on any atom is -0.487 e. The van der Waals surface area contributed by atoms with Crippen LogP contribution in [0, 0.1) is 0 Å². The second kappa shape index (κ2) is 8.75. The first-order valence-corrected chi connectivity index (χ1v) is 11.8. The van der Waals surface area contributed by atoms with Crippen molar-refractivity contribution in [3.05, 3.63) is 35.9 Å². The van der Waals surface area contributed by atoms with Crippen molar-refractivity contribution in [1.29, 1.82) is 0 Å². The molecule has 180 valence electrons. The quantitative estimate of drug-likeness (QED) is 0.484. The van der Waals surface area contributed by atoms with Crippen LogP contribution >= 0.6 is 0 Å². The molecule has 1 amide bonds. The molecular weight excluding hydrogens is 432 g/mol. The minimum atomic E-state index is -0.208. The normalized spacial score (nSPS) is 20.4. The number of amides is 1. The van der Waals surface area contributed by atoms with Gasteiger partial charge in [0.2, 0.25) is 6.41 Å². The molecule has 1 saturated heterocycles.